The van der Waals surface area contributed by atoms with Crippen LogP contribution in [-0.2, 0) is 4.79 Å². The van der Waals surface area contributed by atoms with Crippen molar-refractivity contribution in [2.24, 2.45) is 0 Å². The molecule has 5 heteroatoms. The van der Waals surface area contributed by atoms with Gasteiger partial charge in [0.2, 0.25) is 5.91 Å². The molecule has 19 heavy (non-hydrogen) atoms. The molecule has 1 fully saturated rings. The maximum absolute atomic E-state index is 12.3. The Morgan fingerprint density at radius 3 is 2.58 bits per heavy atom. The van der Waals surface area contributed by atoms with Gasteiger partial charge in [-0.1, -0.05) is 6.07 Å². The SMILES string of the molecule is CC(=O)NC1CCN(C(=O)c2cccc(N)c2)CC1. The monoisotopic (exact) mass is 261 g/mol. The van der Waals surface area contributed by atoms with Crippen molar-refractivity contribution in [1.29, 1.82) is 0 Å². The number of nitrogens with one attached hydrogen (secondary N) is 1. The van der Waals surface area contributed by atoms with Crippen LogP contribution in [0.2, 0.25) is 0 Å². The summed E-state index contributed by atoms with van der Waals surface area (Å²) in [7, 11) is 0. The van der Waals surface area contributed by atoms with E-state index in [-0.39, 0.29) is 17.9 Å². The first-order valence-corrected chi connectivity index (χ1v) is 6.48. The van der Waals surface area contributed by atoms with Gasteiger partial charge in [-0.25, -0.2) is 0 Å². The van der Waals surface area contributed by atoms with Crippen molar-refractivity contribution in [2.75, 3.05) is 18.8 Å². The fraction of sp³-hybridized carbons (Fsp3) is 0.429. The number of hydrogen-bond donors (Lipinski definition) is 2. The van der Waals surface area contributed by atoms with Gasteiger partial charge in [0.1, 0.15) is 0 Å². The Balaban J connectivity index is 1.94. The summed E-state index contributed by atoms with van der Waals surface area (Å²) in [4.78, 5) is 25.1. The van der Waals surface area contributed by atoms with Crippen LogP contribution >= 0.6 is 0 Å². The predicted molar refractivity (Wildman–Crippen MR) is 73.6 cm³/mol. The third kappa shape index (κ3) is 3.47. The number of likely N-dealkylation sites (tertiary alicyclic amines) is 1. The number of anilines is 1. The van der Waals surface area contributed by atoms with E-state index in [1.165, 1.54) is 6.92 Å². The molecule has 0 bridgehead atoms. The highest BCUT2D eigenvalue weighted by atomic mass is 16.2. The van der Waals surface area contributed by atoms with E-state index in [1.807, 2.05) is 4.90 Å². The van der Waals surface area contributed by atoms with Gasteiger partial charge in [-0.05, 0) is 31.0 Å². The quantitative estimate of drug-likeness (QED) is 0.780. The smallest absolute Gasteiger partial charge is 0.253 e. The lowest BCUT2D eigenvalue weighted by Gasteiger charge is -2.32. The van der Waals surface area contributed by atoms with Gasteiger partial charge in [0.25, 0.3) is 5.91 Å². The lowest BCUT2D eigenvalue weighted by molar-refractivity contribution is -0.119. The maximum Gasteiger partial charge on any atom is 0.253 e. The van der Waals surface area contributed by atoms with Crippen LogP contribution in [0.15, 0.2) is 24.3 Å². The normalized spacial score (nSPS) is 16.2. The molecule has 0 unspecified atom stereocenters. The summed E-state index contributed by atoms with van der Waals surface area (Å²) in [6.45, 7) is 2.85. The molecule has 3 N–H and O–H groups in total. The maximum atomic E-state index is 12.3. The molecule has 102 valence electrons. The Hall–Kier alpha value is -2.04. The van der Waals surface area contributed by atoms with Gasteiger partial charge in [0, 0.05) is 37.3 Å². The van der Waals surface area contributed by atoms with Crippen LogP contribution < -0.4 is 11.1 Å². The fourth-order valence-electron chi connectivity index (χ4n) is 2.37. The van der Waals surface area contributed by atoms with Crippen LogP contribution in [0.25, 0.3) is 0 Å². The van der Waals surface area contributed by atoms with Gasteiger partial charge in [-0.2, -0.15) is 0 Å². The zero-order chi connectivity index (χ0) is 13.8. The minimum absolute atomic E-state index is 0.00794. The van der Waals surface area contributed by atoms with Crippen LogP contribution in [0.5, 0.6) is 0 Å². The number of benzene rings is 1. The highest BCUT2D eigenvalue weighted by Crippen LogP contribution is 2.15. The second-order valence-corrected chi connectivity index (χ2v) is 4.89. The Bertz CT molecular complexity index is 479. The lowest BCUT2D eigenvalue weighted by Crippen LogP contribution is -2.46. The summed E-state index contributed by atoms with van der Waals surface area (Å²) in [5, 5.41) is 2.89. The van der Waals surface area contributed by atoms with Crippen LogP contribution in [0.3, 0.4) is 0 Å². The van der Waals surface area contributed by atoms with Gasteiger partial charge in [0.15, 0.2) is 0 Å². The van der Waals surface area contributed by atoms with E-state index in [4.69, 9.17) is 5.73 Å². The van der Waals surface area contributed by atoms with E-state index in [0.717, 1.165) is 12.8 Å². The summed E-state index contributed by atoms with van der Waals surface area (Å²) in [6.07, 6.45) is 1.60. The van der Waals surface area contributed by atoms with Gasteiger partial charge < -0.3 is 16.0 Å². The highest BCUT2D eigenvalue weighted by Gasteiger charge is 2.23. The van der Waals surface area contributed by atoms with Crippen molar-refractivity contribution < 1.29 is 9.59 Å². The first-order valence-electron chi connectivity index (χ1n) is 6.48. The van der Waals surface area contributed by atoms with Crippen LogP contribution in [-0.4, -0.2) is 35.8 Å². The standard InChI is InChI=1S/C14H19N3O2/c1-10(18)16-13-5-7-17(8-6-13)14(19)11-3-2-4-12(15)9-11/h2-4,9,13H,5-8,15H2,1H3,(H,16,18). The molecule has 1 heterocycles. The summed E-state index contributed by atoms with van der Waals surface area (Å²) < 4.78 is 0. The van der Waals surface area contributed by atoms with Crippen LogP contribution in [0, 0.1) is 0 Å². The van der Waals surface area contributed by atoms with Crippen molar-refractivity contribution >= 4 is 17.5 Å². The first-order chi connectivity index (χ1) is 9.06. The Morgan fingerprint density at radius 2 is 2.00 bits per heavy atom. The number of nitrogens with two attached hydrogens (primary N) is 1. The zero-order valence-corrected chi connectivity index (χ0v) is 11.1. The van der Waals surface area contributed by atoms with Crippen LogP contribution in [0.1, 0.15) is 30.1 Å². The number of rotatable bonds is 2. The number of nitrogen functional groups attached to an aromatic ring is 1. The number of nitrogens with zero attached hydrogens (tertiary/aromatic N) is 1. The molecule has 1 aromatic carbocycles. The van der Waals surface area contributed by atoms with E-state index in [1.54, 1.807) is 24.3 Å². The van der Waals surface area contributed by atoms with E-state index in [2.05, 4.69) is 5.32 Å². The highest BCUT2D eigenvalue weighted by molar-refractivity contribution is 5.95. The summed E-state index contributed by atoms with van der Waals surface area (Å²) in [6, 6.07) is 7.20. The van der Waals surface area contributed by atoms with Gasteiger partial charge in [-0.3, -0.25) is 9.59 Å². The van der Waals surface area contributed by atoms with Crippen molar-refractivity contribution in [1.82, 2.24) is 10.2 Å². The van der Waals surface area contributed by atoms with Crippen molar-refractivity contribution in [3.8, 4) is 0 Å². The number of carbonyl (C=O) groups excluding carboxylic acids is 2. The number of amides is 2. The van der Waals surface area contributed by atoms with Gasteiger partial charge >= 0.3 is 0 Å². The lowest BCUT2D eigenvalue weighted by atomic mass is 10.0. The third-order valence-electron chi connectivity index (χ3n) is 3.32. The minimum atomic E-state index is -0.0133. The molecule has 1 aliphatic rings. The predicted octanol–water partition coefficient (Wildman–Crippen LogP) is 1.01. The Kier molecular flexibility index (Phi) is 4.04. The summed E-state index contributed by atoms with van der Waals surface area (Å²) >= 11 is 0. The van der Waals surface area contributed by atoms with Crippen molar-refractivity contribution in [2.45, 2.75) is 25.8 Å². The molecule has 2 amide bonds. The second kappa shape index (κ2) is 5.73. The molecule has 1 aromatic rings. The van der Waals surface area contributed by atoms with E-state index >= 15 is 0 Å². The molecule has 0 radical (unpaired) electrons. The molecule has 1 saturated heterocycles. The summed E-state index contributed by atoms with van der Waals surface area (Å²) in [5.41, 5.74) is 6.90. The van der Waals surface area contributed by atoms with Gasteiger partial charge in [-0.15, -0.1) is 0 Å². The Labute approximate surface area is 112 Å². The number of piperidine rings is 1. The average Bonchev–Trinajstić information content (AvgIpc) is 2.38. The Morgan fingerprint density at radius 1 is 1.32 bits per heavy atom. The minimum Gasteiger partial charge on any atom is -0.399 e. The van der Waals surface area contributed by atoms with Crippen LogP contribution in [0.4, 0.5) is 5.69 Å². The number of hydrogen-bond acceptors (Lipinski definition) is 3. The fourth-order valence-corrected chi connectivity index (χ4v) is 2.37. The van der Waals surface area contributed by atoms with Crippen molar-refractivity contribution in [3.63, 3.8) is 0 Å². The molecule has 1 aliphatic heterocycles. The second-order valence-electron chi connectivity index (χ2n) is 4.89. The topological polar surface area (TPSA) is 75.4 Å². The molecule has 0 saturated carbocycles. The van der Waals surface area contributed by atoms with Crippen molar-refractivity contribution in [3.05, 3.63) is 29.8 Å². The molecule has 5 nitrogen and oxygen atoms in total. The average molecular weight is 261 g/mol. The molecule has 0 spiro atoms. The number of carbonyl (C=O) groups is 2. The van der Waals surface area contributed by atoms with Gasteiger partial charge in [0.05, 0.1) is 0 Å². The molecule has 0 aliphatic carbocycles. The molecule has 0 atom stereocenters. The zero-order valence-electron chi connectivity index (χ0n) is 11.1. The van der Waals surface area contributed by atoms with E-state index < -0.39 is 0 Å². The van der Waals surface area contributed by atoms with E-state index in [0.29, 0.717) is 24.3 Å². The summed E-state index contributed by atoms with van der Waals surface area (Å²) in [5.74, 6) is -0.00538. The molecular formula is C14H19N3O2. The molecule has 2 rings (SSSR count). The molecule has 0 aromatic heterocycles. The first kappa shape index (κ1) is 13.4. The largest absolute Gasteiger partial charge is 0.399 e. The molecular weight excluding hydrogens is 242 g/mol. The third-order valence-corrected chi connectivity index (χ3v) is 3.32. The van der Waals surface area contributed by atoms with E-state index in [9.17, 15) is 9.59 Å².